The normalized spacial score (nSPS) is 26.2. The van der Waals surface area contributed by atoms with Crippen LogP contribution in [0.25, 0.3) is 0 Å². The van der Waals surface area contributed by atoms with Gasteiger partial charge in [-0.2, -0.15) is 0 Å². The van der Waals surface area contributed by atoms with Crippen LogP contribution in [0.2, 0.25) is 0 Å². The van der Waals surface area contributed by atoms with E-state index in [1.165, 1.54) is 43.2 Å². The van der Waals surface area contributed by atoms with E-state index >= 15 is 0 Å². The number of nitrogens with zero attached hydrogens (tertiary/aromatic N) is 1. The number of rotatable bonds is 6. The van der Waals surface area contributed by atoms with Gasteiger partial charge in [-0.05, 0) is 50.8 Å². The average Bonchev–Trinajstić information content (AvgIpc) is 2.50. The first-order valence-corrected chi connectivity index (χ1v) is 8.59. The second-order valence-corrected chi connectivity index (χ2v) is 6.93. The lowest BCUT2D eigenvalue weighted by molar-refractivity contribution is 0.0947. The summed E-state index contributed by atoms with van der Waals surface area (Å²) in [5.74, 6) is 1.58. The zero-order valence-electron chi connectivity index (χ0n) is 14.0. The van der Waals surface area contributed by atoms with E-state index in [0.29, 0.717) is 12.0 Å². The second kappa shape index (κ2) is 7.95. The number of hydrogen-bond acceptors (Lipinski definition) is 2. The predicted octanol–water partition coefficient (Wildman–Crippen LogP) is 3.97. The number of aryl methyl sites for hydroxylation is 1. The Morgan fingerprint density at radius 2 is 1.90 bits per heavy atom. The van der Waals surface area contributed by atoms with Crippen LogP contribution >= 0.6 is 0 Å². The van der Waals surface area contributed by atoms with Crippen molar-refractivity contribution in [3.8, 4) is 0 Å². The maximum atomic E-state index is 6.04. The maximum absolute atomic E-state index is 6.04. The highest BCUT2D eigenvalue weighted by atomic mass is 15.1. The van der Waals surface area contributed by atoms with Gasteiger partial charge in [-0.25, -0.2) is 0 Å². The first-order valence-electron chi connectivity index (χ1n) is 8.59. The summed E-state index contributed by atoms with van der Waals surface area (Å²) in [6.45, 7) is 6.33. The van der Waals surface area contributed by atoms with Crippen LogP contribution in [-0.4, -0.2) is 24.5 Å². The molecule has 0 spiro atoms. The van der Waals surface area contributed by atoms with E-state index in [1.54, 1.807) is 0 Å². The zero-order valence-corrected chi connectivity index (χ0v) is 14.0. The smallest absolute Gasteiger partial charge is 0.0233 e. The van der Waals surface area contributed by atoms with Crippen molar-refractivity contribution in [2.24, 2.45) is 17.6 Å². The minimum Gasteiger partial charge on any atom is -0.330 e. The van der Waals surface area contributed by atoms with Crippen molar-refractivity contribution < 1.29 is 0 Å². The van der Waals surface area contributed by atoms with E-state index in [0.717, 1.165) is 19.0 Å². The molecule has 1 aliphatic rings. The molecule has 3 unspecified atom stereocenters. The standard InChI is InChI=1S/C19H32N2/c1-4-5-16-10-11-18(13-20)19(12-16)21(3)14-17-8-6-15(2)7-9-17/h6-9,16,18-19H,4-5,10-14,20H2,1-3H3. The minimum atomic E-state index is 0.654. The van der Waals surface area contributed by atoms with Crippen molar-refractivity contribution in [1.82, 2.24) is 4.90 Å². The van der Waals surface area contributed by atoms with Crippen LogP contribution in [0, 0.1) is 18.8 Å². The van der Waals surface area contributed by atoms with E-state index in [-0.39, 0.29) is 0 Å². The molecule has 0 aliphatic heterocycles. The highest BCUT2D eigenvalue weighted by Gasteiger charge is 2.31. The van der Waals surface area contributed by atoms with Gasteiger partial charge in [-0.1, -0.05) is 56.0 Å². The van der Waals surface area contributed by atoms with Gasteiger partial charge in [-0.15, -0.1) is 0 Å². The Morgan fingerprint density at radius 1 is 1.19 bits per heavy atom. The van der Waals surface area contributed by atoms with Crippen molar-refractivity contribution in [3.63, 3.8) is 0 Å². The van der Waals surface area contributed by atoms with E-state index in [9.17, 15) is 0 Å². The van der Waals surface area contributed by atoms with Crippen LogP contribution in [0.4, 0.5) is 0 Å². The molecule has 1 fully saturated rings. The Morgan fingerprint density at radius 3 is 2.52 bits per heavy atom. The van der Waals surface area contributed by atoms with Crippen molar-refractivity contribution in [2.45, 2.75) is 58.5 Å². The fourth-order valence-corrected chi connectivity index (χ4v) is 3.88. The summed E-state index contributed by atoms with van der Waals surface area (Å²) in [6.07, 6.45) is 6.71. The topological polar surface area (TPSA) is 29.3 Å². The molecule has 1 aromatic carbocycles. The second-order valence-electron chi connectivity index (χ2n) is 6.93. The SMILES string of the molecule is CCCC1CCC(CN)C(N(C)Cc2ccc(C)cc2)C1. The average molecular weight is 288 g/mol. The lowest BCUT2D eigenvalue weighted by Gasteiger charge is -2.41. The van der Waals surface area contributed by atoms with Gasteiger partial charge in [0, 0.05) is 12.6 Å². The Bertz CT molecular complexity index is 412. The Hall–Kier alpha value is -0.860. The summed E-state index contributed by atoms with van der Waals surface area (Å²) in [4.78, 5) is 2.55. The summed E-state index contributed by atoms with van der Waals surface area (Å²) in [7, 11) is 2.28. The van der Waals surface area contributed by atoms with Crippen LogP contribution in [0.15, 0.2) is 24.3 Å². The molecule has 0 amide bonds. The molecule has 21 heavy (non-hydrogen) atoms. The molecule has 0 bridgehead atoms. The van der Waals surface area contributed by atoms with Crippen LogP contribution in [0.5, 0.6) is 0 Å². The van der Waals surface area contributed by atoms with Crippen molar-refractivity contribution in [3.05, 3.63) is 35.4 Å². The van der Waals surface area contributed by atoms with Gasteiger partial charge >= 0.3 is 0 Å². The summed E-state index contributed by atoms with van der Waals surface area (Å²) in [6, 6.07) is 9.60. The molecule has 1 aliphatic carbocycles. The van der Waals surface area contributed by atoms with Gasteiger partial charge in [0.1, 0.15) is 0 Å². The molecule has 0 heterocycles. The summed E-state index contributed by atoms with van der Waals surface area (Å²) in [5.41, 5.74) is 8.79. The summed E-state index contributed by atoms with van der Waals surface area (Å²) < 4.78 is 0. The monoisotopic (exact) mass is 288 g/mol. The fraction of sp³-hybridized carbons (Fsp3) is 0.684. The minimum absolute atomic E-state index is 0.654. The van der Waals surface area contributed by atoms with Gasteiger partial charge in [0.25, 0.3) is 0 Å². The Kier molecular flexibility index (Phi) is 6.25. The zero-order chi connectivity index (χ0) is 15.2. The van der Waals surface area contributed by atoms with Gasteiger partial charge in [0.2, 0.25) is 0 Å². The third-order valence-electron chi connectivity index (χ3n) is 5.18. The Balaban J connectivity index is 1.99. The first-order chi connectivity index (χ1) is 10.1. The van der Waals surface area contributed by atoms with Gasteiger partial charge < -0.3 is 5.73 Å². The van der Waals surface area contributed by atoms with Gasteiger partial charge in [0.15, 0.2) is 0 Å². The summed E-state index contributed by atoms with van der Waals surface area (Å²) >= 11 is 0. The highest BCUT2D eigenvalue weighted by molar-refractivity contribution is 5.21. The van der Waals surface area contributed by atoms with Crippen LogP contribution < -0.4 is 5.73 Å². The van der Waals surface area contributed by atoms with E-state index < -0.39 is 0 Å². The van der Waals surface area contributed by atoms with Crippen molar-refractivity contribution in [2.75, 3.05) is 13.6 Å². The third kappa shape index (κ3) is 4.55. The molecule has 118 valence electrons. The van der Waals surface area contributed by atoms with Crippen molar-refractivity contribution >= 4 is 0 Å². The van der Waals surface area contributed by atoms with E-state index in [4.69, 9.17) is 5.73 Å². The Labute approximate surface area is 130 Å². The van der Waals surface area contributed by atoms with E-state index in [2.05, 4.69) is 50.1 Å². The molecule has 2 N–H and O–H groups in total. The highest BCUT2D eigenvalue weighted by Crippen LogP contribution is 2.34. The largest absolute Gasteiger partial charge is 0.330 e. The molecule has 0 saturated heterocycles. The fourth-order valence-electron chi connectivity index (χ4n) is 3.88. The van der Waals surface area contributed by atoms with Crippen LogP contribution in [0.1, 0.15) is 50.2 Å². The lowest BCUT2D eigenvalue weighted by Crippen LogP contribution is -2.44. The van der Waals surface area contributed by atoms with Crippen LogP contribution in [-0.2, 0) is 6.54 Å². The molecule has 3 atom stereocenters. The third-order valence-corrected chi connectivity index (χ3v) is 5.18. The first kappa shape index (κ1) is 16.5. The number of nitrogens with two attached hydrogens (primary N) is 1. The predicted molar refractivity (Wildman–Crippen MR) is 91.2 cm³/mol. The molecule has 2 rings (SSSR count). The number of hydrogen-bond donors (Lipinski definition) is 1. The van der Waals surface area contributed by atoms with Gasteiger partial charge in [0.05, 0.1) is 0 Å². The van der Waals surface area contributed by atoms with Gasteiger partial charge in [-0.3, -0.25) is 4.90 Å². The molecule has 1 aromatic rings. The number of benzene rings is 1. The maximum Gasteiger partial charge on any atom is 0.0233 e. The molecule has 0 aromatic heterocycles. The molecule has 0 radical (unpaired) electrons. The summed E-state index contributed by atoms with van der Waals surface area (Å²) in [5, 5.41) is 0. The van der Waals surface area contributed by atoms with Crippen molar-refractivity contribution in [1.29, 1.82) is 0 Å². The van der Waals surface area contributed by atoms with Crippen LogP contribution in [0.3, 0.4) is 0 Å². The molecular formula is C19H32N2. The molecule has 2 nitrogen and oxygen atoms in total. The van der Waals surface area contributed by atoms with E-state index in [1.807, 2.05) is 0 Å². The lowest BCUT2D eigenvalue weighted by atomic mass is 9.76. The molecule has 2 heteroatoms. The quantitative estimate of drug-likeness (QED) is 0.858. The molecular weight excluding hydrogens is 256 g/mol. The molecule has 1 saturated carbocycles.